The van der Waals surface area contributed by atoms with Gasteiger partial charge in [-0.2, -0.15) is 0 Å². The first-order chi connectivity index (χ1) is 7.77. The Bertz CT molecular complexity index is 340. The summed E-state index contributed by atoms with van der Waals surface area (Å²) in [6.07, 6.45) is 5.12. The lowest BCUT2D eigenvalue weighted by molar-refractivity contribution is 0.0802. The summed E-state index contributed by atoms with van der Waals surface area (Å²) in [5.74, 6) is 0. The summed E-state index contributed by atoms with van der Waals surface area (Å²) in [5.41, 5.74) is 0.571. The average Bonchev–Trinajstić information content (AvgIpc) is 2.79. The maximum absolute atomic E-state index is 9.96. The van der Waals surface area contributed by atoms with Crippen LogP contribution in [0.25, 0.3) is 0 Å². The Kier molecular flexibility index (Phi) is 4.16. The van der Waals surface area contributed by atoms with Crippen molar-refractivity contribution < 1.29 is 9.84 Å². The van der Waals surface area contributed by atoms with E-state index in [0.29, 0.717) is 23.2 Å². The SMILES string of the molecule is OC(CCC1CCCO1)c1ncccc1Cl. The quantitative estimate of drug-likeness (QED) is 0.882. The number of hydrogen-bond donors (Lipinski definition) is 1. The molecule has 2 heterocycles. The maximum Gasteiger partial charge on any atom is 0.0975 e. The van der Waals surface area contributed by atoms with Crippen molar-refractivity contribution in [1.29, 1.82) is 0 Å². The second-order valence-electron chi connectivity index (χ2n) is 4.10. The van der Waals surface area contributed by atoms with Crippen LogP contribution in [0.4, 0.5) is 0 Å². The second-order valence-corrected chi connectivity index (χ2v) is 4.51. The summed E-state index contributed by atoms with van der Waals surface area (Å²) < 4.78 is 5.50. The first kappa shape index (κ1) is 11.8. The zero-order valence-corrected chi connectivity index (χ0v) is 9.86. The lowest BCUT2D eigenvalue weighted by Crippen LogP contribution is -2.09. The molecule has 1 aliphatic rings. The second kappa shape index (κ2) is 5.62. The van der Waals surface area contributed by atoms with Gasteiger partial charge in [0, 0.05) is 12.8 Å². The number of rotatable bonds is 4. The molecule has 2 rings (SSSR count). The molecule has 16 heavy (non-hydrogen) atoms. The third-order valence-electron chi connectivity index (χ3n) is 2.89. The molecule has 0 bridgehead atoms. The van der Waals surface area contributed by atoms with Gasteiger partial charge in [-0.25, -0.2) is 0 Å². The smallest absolute Gasteiger partial charge is 0.0975 e. The van der Waals surface area contributed by atoms with Crippen molar-refractivity contribution in [3.63, 3.8) is 0 Å². The van der Waals surface area contributed by atoms with Crippen LogP contribution in [0.5, 0.6) is 0 Å². The predicted octanol–water partition coefficient (Wildman–Crippen LogP) is 2.73. The number of hydrogen-bond acceptors (Lipinski definition) is 3. The van der Waals surface area contributed by atoms with Crippen LogP contribution in [0.15, 0.2) is 18.3 Å². The Labute approximate surface area is 100 Å². The molecule has 2 atom stereocenters. The summed E-state index contributed by atoms with van der Waals surface area (Å²) in [4.78, 5) is 4.10. The first-order valence-corrected chi connectivity index (χ1v) is 6.05. The molecule has 88 valence electrons. The third kappa shape index (κ3) is 2.94. The van der Waals surface area contributed by atoms with Crippen molar-refractivity contribution >= 4 is 11.6 Å². The highest BCUT2D eigenvalue weighted by Gasteiger charge is 2.19. The fourth-order valence-electron chi connectivity index (χ4n) is 2.00. The zero-order valence-electron chi connectivity index (χ0n) is 9.10. The maximum atomic E-state index is 9.96. The molecular formula is C12H16ClNO2. The molecule has 1 aromatic rings. The van der Waals surface area contributed by atoms with E-state index < -0.39 is 6.10 Å². The van der Waals surface area contributed by atoms with Crippen LogP contribution in [0.2, 0.25) is 5.02 Å². The van der Waals surface area contributed by atoms with Gasteiger partial charge in [-0.05, 0) is 37.8 Å². The number of pyridine rings is 1. The van der Waals surface area contributed by atoms with Crippen molar-refractivity contribution in [3.05, 3.63) is 29.0 Å². The molecule has 3 nitrogen and oxygen atoms in total. The van der Waals surface area contributed by atoms with Crippen LogP contribution >= 0.6 is 11.6 Å². The van der Waals surface area contributed by atoms with Gasteiger partial charge in [0.25, 0.3) is 0 Å². The predicted molar refractivity (Wildman–Crippen MR) is 62.4 cm³/mol. The lowest BCUT2D eigenvalue weighted by Gasteiger charge is -2.14. The van der Waals surface area contributed by atoms with Crippen molar-refractivity contribution in [2.75, 3.05) is 6.61 Å². The Balaban J connectivity index is 1.87. The van der Waals surface area contributed by atoms with Gasteiger partial charge in [-0.1, -0.05) is 11.6 Å². The molecule has 1 saturated heterocycles. The zero-order chi connectivity index (χ0) is 11.4. The van der Waals surface area contributed by atoms with E-state index >= 15 is 0 Å². The number of halogens is 1. The normalized spacial score (nSPS) is 22.2. The van der Waals surface area contributed by atoms with Crippen molar-refractivity contribution in [2.45, 2.75) is 37.9 Å². The molecule has 0 spiro atoms. The van der Waals surface area contributed by atoms with E-state index in [0.717, 1.165) is 25.9 Å². The number of aliphatic hydroxyl groups excluding tert-OH is 1. The summed E-state index contributed by atoms with van der Waals surface area (Å²) in [6.45, 7) is 0.852. The summed E-state index contributed by atoms with van der Waals surface area (Å²) in [6, 6.07) is 3.51. The standard InChI is InChI=1S/C12H16ClNO2/c13-10-4-1-7-14-12(10)11(15)6-5-9-3-2-8-16-9/h1,4,7,9,11,15H,2-3,5-6,8H2. The van der Waals surface area contributed by atoms with Gasteiger partial charge < -0.3 is 9.84 Å². The molecule has 1 aliphatic heterocycles. The van der Waals surface area contributed by atoms with E-state index in [1.165, 1.54) is 0 Å². The molecule has 0 aromatic carbocycles. The monoisotopic (exact) mass is 241 g/mol. The fourth-order valence-corrected chi connectivity index (χ4v) is 2.24. The topological polar surface area (TPSA) is 42.4 Å². The Morgan fingerprint density at radius 1 is 1.62 bits per heavy atom. The first-order valence-electron chi connectivity index (χ1n) is 5.67. The molecule has 1 N–H and O–H groups in total. The van der Waals surface area contributed by atoms with Gasteiger partial charge in [-0.3, -0.25) is 4.98 Å². The molecule has 1 aromatic heterocycles. The van der Waals surface area contributed by atoms with E-state index in [-0.39, 0.29) is 0 Å². The highest BCUT2D eigenvalue weighted by molar-refractivity contribution is 6.31. The Morgan fingerprint density at radius 2 is 2.50 bits per heavy atom. The molecule has 4 heteroatoms. The van der Waals surface area contributed by atoms with Crippen LogP contribution < -0.4 is 0 Å². The van der Waals surface area contributed by atoms with Gasteiger partial charge in [0.15, 0.2) is 0 Å². The number of aromatic nitrogens is 1. The molecule has 0 aliphatic carbocycles. The van der Waals surface area contributed by atoms with Gasteiger partial charge in [-0.15, -0.1) is 0 Å². The Morgan fingerprint density at radius 3 is 3.19 bits per heavy atom. The molecule has 0 radical (unpaired) electrons. The minimum atomic E-state index is -0.585. The van der Waals surface area contributed by atoms with Crippen molar-refractivity contribution in [3.8, 4) is 0 Å². The van der Waals surface area contributed by atoms with Gasteiger partial charge in [0.2, 0.25) is 0 Å². The molecule has 0 saturated carbocycles. The van der Waals surface area contributed by atoms with Crippen molar-refractivity contribution in [1.82, 2.24) is 4.98 Å². The number of ether oxygens (including phenoxy) is 1. The molecule has 1 fully saturated rings. The minimum Gasteiger partial charge on any atom is -0.387 e. The average molecular weight is 242 g/mol. The van der Waals surface area contributed by atoms with Gasteiger partial charge in [0.05, 0.1) is 22.9 Å². The van der Waals surface area contributed by atoms with Crippen LogP contribution in [-0.4, -0.2) is 22.8 Å². The van der Waals surface area contributed by atoms with Crippen LogP contribution in [-0.2, 0) is 4.74 Å². The van der Waals surface area contributed by atoms with E-state index in [1.807, 2.05) is 0 Å². The third-order valence-corrected chi connectivity index (χ3v) is 3.21. The summed E-state index contributed by atoms with van der Waals surface area (Å²) in [7, 11) is 0. The highest BCUT2D eigenvalue weighted by atomic mass is 35.5. The van der Waals surface area contributed by atoms with E-state index in [2.05, 4.69) is 4.98 Å². The summed E-state index contributed by atoms with van der Waals surface area (Å²) >= 11 is 5.96. The Hall–Kier alpha value is -0.640. The van der Waals surface area contributed by atoms with Crippen LogP contribution in [0.3, 0.4) is 0 Å². The summed E-state index contributed by atoms with van der Waals surface area (Å²) in [5, 5.41) is 10.5. The highest BCUT2D eigenvalue weighted by Crippen LogP contribution is 2.26. The van der Waals surface area contributed by atoms with Gasteiger partial charge in [0.1, 0.15) is 0 Å². The van der Waals surface area contributed by atoms with E-state index in [9.17, 15) is 5.11 Å². The molecule has 0 amide bonds. The number of aliphatic hydroxyl groups is 1. The number of nitrogens with zero attached hydrogens (tertiary/aromatic N) is 1. The lowest BCUT2D eigenvalue weighted by atomic mass is 10.1. The van der Waals surface area contributed by atoms with Gasteiger partial charge >= 0.3 is 0 Å². The fraction of sp³-hybridized carbons (Fsp3) is 0.583. The van der Waals surface area contributed by atoms with E-state index in [1.54, 1.807) is 18.3 Å². The minimum absolute atomic E-state index is 0.303. The largest absolute Gasteiger partial charge is 0.387 e. The van der Waals surface area contributed by atoms with Crippen LogP contribution in [0.1, 0.15) is 37.5 Å². The van der Waals surface area contributed by atoms with E-state index in [4.69, 9.17) is 16.3 Å². The molecule has 2 unspecified atom stereocenters. The van der Waals surface area contributed by atoms with Crippen molar-refractivity contribution in [2.24, 2.45) is 0 Å². The molecular weight excluding hydrogens is 226 g/mol. The van der Waals surface area contributed by atoms with Crippen LogP contribution in [0, 0.1) is 0 Å².